The molecule has 1 aliphatic rings. The zero-order valence-electron chi connectivity index (χ0n) is 6.08. The van der Waals surface area contributed by atoms with Crippen LogP contribution in [0.3, 0.4) is 0 Å². The molecule has 0 saturated heterocycles. The highest BCUT2D eigenvalue weighted by Crippen LogP contribution is 2.49. The van der Waals surface area contributed by atoms with E-state index in [4.69, 9.17) is 4.84 Å². The van der Waals surface area contributed by atoms with E-state index in [0.29, 0.717) is 0 Å². The van der Waals surface area contributed by atoms with Gasteiger partial charge < -0.3 is 4.84 Å². The van der Waals surface area contributed by atoms with E-state index in [0.717, 1.165) is 5.04 Å². The van der Waals surface area contributed by atoms with Gasteiger partial charge in [-0.3, -0.25) is 0 Å². The van der Waals surface area contributed by atoms with Crippen LogP contribution in [-0.4, -0.2) is 21.2 Å². The highest BCUT2D eigenvalue weighted by Gasteiger charge is 2.37. The van der Waals surface area contributed by atoms with Crippen LogP contribution in [0.15, 0.2) is 5.16 Å². The molecule has 0 bridgehead atoms. The quantitative estimate of drug-likeness (QED) is 0.631. The van der Waals surface area contributed by atoms with Crippen LogP contribution in [0.25, 0.3) is 0 Å². The van der Waals surface area contributed by atoms with Gasteiger partial charge >= 0.3 is 0 Å². The predicted molar refractivity (Wildman–Crippen MR) is 51.5 cm³/mol. The Kier molecular flexibility index (Phi) is 2.82. The summed E-state index contributed by atoms with van der Waals surface area (Å²) in [5.74, 6) is 0. The minimum atomic E-state index is -0.204. The van der Waals surface area contributed by atoms with Crippen molar-refractivity contribution in [1.29, 1.82) is 0 Å². The molecule has 1 aliphatic heterocycles. The Hall–Kier alpha value is 0.520. The van der Waals surface area contributed by atoms with Crippen molar-refractivity contribution in [2.75, 3.05) is 12.5 Å². The maximum absolute atomic E-state index is 5.23. The van der Waals surface area contributed by atoms with Crippen molar-refractivity contribution in [2.45, 2.75) is 10.5 Å². The van der Waals surface area contributed by atoms with E-state index in [-0.39, 0.29) is 3.60 Å². The second-order valence-electron chi connectivity index (χ2n) is 1.71. The lowest BCUT2D eigenvalue weighted by atomic mass is 10.9. The van der Waals surface area contributed by atoms with Gasteiger partial charge in [0.05, 0.1) is 0 Å². The second kappa shape index (κ2) is 3.28. The van der Waals surface area contributed by atoms with Gasteiger partial charge in [-0.2, -0.15) is 0 Å². The van der Waals surface area contributed by atoms with Crippen LogP contribution >= 0.6 is 35.3 Å². The highest BCUT2D eigenvalue weighted by molar-refractivity contribution is 8.38. The molecule has 0 saturated carbocycles. The van der Waals surface area contributed by atoms with Crippen molar-refractivity contribution in [2.24, 2.45) is 5.16 Å². The first-order valence-electron chi connectivity index (χ1n) is 2.74. The van der Waals surface area contributed by atoms with Crippen molar-refractivity contribution in [3.05, 3.63) is 0 Å². The first-order chi connectivity index (χ1) is 4.72. The van der Waals surface area contributed by atoms with E-state index in [2.05, 4.69) is 5.16 Å². The van der Waals surface area contributed by atoms with Crippen LogP contribution in [-0.2, 0) is 4.84 Å². The predicted octanol–water partition coefficient (Wildman–Crippen LogP) is 2.42. The summed E-state index contributed by atoms with van der Waals surface area (Å²) in [5.41, 5.74) is 0. The third-order valence-electron chi connectivity index (χ3n) is 1.06. The molecule has 1 heterocycles. The normalized spacial score (nSPS) is 22.1. The van der Waals surface area contributed by atoms with Gasteiger partial charge in [0, 0.05) is 0 Å². The molecular formula is C5H9NOS3. The zero-order chi connectivity index (χ0) is 7.61. The Balaban J connectivity index is 2.57. The van der Waals surface area contributed by atoms with Gasteiger partial charge in [0.1, 0.15) is 5.04 Å². The average Bonchev–Trinajstić information content (AvgIpc) is 2.33. The molecule has 2 nitrogen and oxygen atoms in total. The summed E-state index contributed by atoms with van der Waals surface area (Å²) in [7, 11) is 0. The number of hydrogen-bond donors (Lipinski definition) is 0. The fourth-order valence-electron chi connectivity index (χ4n) is 0.580. The Labute approximate surface area is 73.5 Å². The lowest BCUT2D eigenvalue weighted by molar-refractivity contribution is 0.163. The Morgan fingerprint density at radius 3 is 2.30 bits per heavy atom. The van der Waals surface area contributed by atoms with Crippen LogP contribution in [0, 0.1) is 0 Å². The summed E-state index contributed by atoms with van der Waals surface area (Å²) >= 11 is 5.01. The lowest BCUT2D eigenvalue weighted by Gasteiger charge is -2.19. The molecule has 0 aromatic carbocycles. The van der Waals surface area contributed by atoms with Crippen LogP contribution < -0.4 is 0 Å². The fraction of sp³-hybridized carbons (Fsp3) is 0.800. The molecule has 0 fully saturated rings. The third-order valence-corrected chi connectivity index (χ3v) is 5.40. The molecule has 0 aliphatic carbocycles. The molecule has 58 valence electrons. The van der Waals surface area contributed by atoms with Crippen molar-refractivity contribution in [1.82, 2.24) is 0 Å². The number of oxime groups is 1. The average molecular weight is 195 g/mol. The molecule has 5 heteroatoms. The van der Waals surface area contributed by atoms with Crippen LogP contribution in [0.4, 0.5) is 0 Å². The SMILES string of the molecule is CSC1(SC)ON=C(C)S1. The molecule has 0 spiro atoms. The zero-order valence-corrected chi connectivity index (χ0v) is 8.53. The van der Waals surface area contributed by atoms with E-state index < -0.39 is 0 Å². The molecule has 0 radical (unpaired) electrons. The number of thioether (sulfide) groups is 3. The van der Waals surface area contributed by atoms with Crippen molar-refractivity contribution in [3.63, 3.8) is 0 Å². The van der Waals surface area contributed by atoms with Gasteiger partial charge in [-0.05, 0) is 31.2 Å². The number of nitrogens with zero attached hydrogens (tertiary/aromatic N) is 1. The first kappa shape index (κ1) is 8.62. The molecular weight excluding hydrogens is 186 g/mol. The maximum atomic E-state index is 5.23. The largest absolute Gasteiger partial charge is 0.354 e. The van der Waals surface area contributed by atoms with E-state index >= 15 is 0 Å². The third kappa shape index (κ3) is 1.57. The summed E-state index contributed by atoms with van der Waals surface area (Å²) < 4.78 is -0.204. The minimum absolute atomic E-state index is 0.204. The second-order valence-corrected chi connectivity index (χ2v) is 5.82. The molecule has 10 heavy (non-hydrogen) atoms. The Bertz CT molecular complexity index is 155. The molecule has 0 unspecified atom stereocenters. The first-order valence-corrected chi connectivity index (χ1v) is 6.01. The summed E-state index contributed by atoms with van der Waals surface area (Å²) in [6.45, 7) is 1.96. The van der Waals surface area contributed by atoms with Gasteiger partial charge in [-0.15, -0.1) is 0 Å². The van der Waals surface area contributed by atoms with E-state index in [9.17, 15) is 0 Å². The summed E-state index contributed by atoms with van der Waals surface area (Å²) in [5, 5.41) is 4.87. The van der Waals surface area contributed by atoms with Gasteiger partial charge in [-0.1, -0.05) is 28.7 Å². The monoisotopic (exact) mass is 195 g/mol. The highest BCUT2D eigenvalue weighted by atomic mass is 32.3. The van der Waals surface area contributed by atoms with Crippen LogP contribution in [0.5, 0.6) is 0 Å². The van der Waals surface area contributed by atoms with Crippen LogP contribution in [0.2, 0.25) is 0 Å². The molecule has 0 N–H and O–H groups in total. The molecule has 1 rings (SSSR count). The topological polar surface area (TPSA) is 21.6 Å². The molecule has 0 aromatic rings. The Morgan fingerprint density at radius 1 is 1.50 bits per heavy atom. The molecule has 0 amide bonds. The molecule has 0 atom stereocenters. The van der Waals surface area contributed by atoms with E-state index in [1.807, 2.05) is 19.4 Å². The fourth-order valence-corrected chi connectivity index (χ4v) is 3.37. The summed E-state index contributed by atoms with van der Waals surface area (Å²) in [4.78, 5) is 5.23. The summed E-state index contributed by atoms with van der Waals surface area (Å²) in [6.07, 6.45) is 4.05. The van der Waals surface area contributed by atoms with Gasteiger partial charge in [0.15, 0.2) is 0 Å². The summed E-state index contributed by atoms with van der Waals surface area (Å²) in [6, 6.07) is 0. The standard InChI is InChI=1S/C5H9NOS3/c1-4-6-7-5(8-2,9-3)10-4/h1-3H3. The van der Waals surface area contributed by atoms with Crippen molar-refractivity contribution in [3.8, 4) is 0 Å². The smallest absolute Gasteiger partial charge is 0.280 e. The minimum Gasteiger partial charge on any atom is -0.354 e. The van der Waals surface area contributed by atoms with Crippen molar-refractivity contribution >= 4 is 40.3 Å². The molecule has 0 aromatic heterocycles. The van der Waals surface area contributed by atoms with Gasteiger partial charge in [0.2, 0.25) is 0 Å². The van der Waals surface area contributed by atoms with Crippen molar-refractivity contribution < 1.29 is 4.84 Å². The Morgan fingerprint density at radius 2 is 2.10 bits per heavy atom. The lowest BCUT2D eigenvalue weighted by Crippen LogP contribution is -2.12. The maximum Gasteiger partial charge on any atom is 0.280 e. The van der Waals surface area contributed by atoms with Gasteiger partial charge in [0.25, 0.3) is 3.60 Å². The van der Waals surface area contributed by atoms with E-state index in [1.54, 1.807) is 35.3 Å². The van der Waals surface area contributed by atoms with E-state index in [1.165, 1.54) is 0 Å². The van der Waals surface area contributed by atoms with Crippen LogP contribution in [0.1, 0.15) is 6.92 Å². The number of rotatable bonds is 2. The number of hydrogen-bond acceptors (Lipinski definition) is 5. The van der Waals surface area contributed by atoms with Gasteiger partial charge in [-0.25, -0.2) is 0 Å².